The topological polar surface area (TPSA) is 58.6 Å². The summed E-state index contributed by atoms with van der Waals surface area (Å²) < 4.78 is 5.31. The molecule has 2 amide bonds. The van der Waals surface area contributed by atoms with E-state index in [1.807, 2.05) is 69.3 Å². The van der Waals surface area contributed by atoms with Crippen molar-refractivity contribution in [1.82, 2.24) is 10.2 Å². The highest BCUT2D eigenvalue weighted by Crippen LogP contribution is 2.19. The molecule has 1 atom stereocenters. The summed E-state index contributed by atoms with van der Waals surface area (Å²) in [6, 6.07) is 15.0. The van der Waals surface area contributed by atoms with E-state index in [1.54, 1.807) is 12.0 Å². The lowest BCUT2D eigenvalue weighted by Gasteiger charge is -2.31. The number of carbonyl (C=O) groups is 2. The molecule has 1 unspecified atom stereocenters. The van der Waals surface area contributed by atoms with Crippen LogP contribution in [0.2, 0.25) is 0 Å². The predicted octanol–water partition coefficient (Wildman–Crippen LogP) is 3.88. The van der Waals surface area contributed by atoms with Gasteiger partial charge in [0, 0.05) is 13.1 Å². The summed E-state index contributed by atoms with van der Waals surface area (Å²) in [4.78, 5) is 27.8. The number of hydrogen-bond acceptors (Lipinski definition) is 3. The van der Waals surface area contributed by atoms with Crippen LogP contribution in [0.1, 0.15) is 43.4 Å². The Morgan fingerprint density at radius 3 is 2.52 bits per heavy atom. The highest BCUT2D eigenvalue weighted by molar-refractivity contribution is 5.88. The lowest BCUT2D eigenvalue weighted by molar-refractivity contribution is -0.140. The third-order valence-corrected chi connectivity index (χ3v) is 5.03. The van der Waals surface area contributed by atoms with Gasteiger partial charge < -0.3 is 15.0 Å². The van der Waals surface area contributed by atoms with Crippen LogP contribution in [0.5, 0.6) is 5.75 Å². The van der Waals surface area contributed by atoms with Crippen molar-refractivity contribution >= 4 is 11.8 Å². The first-order chi connectivity index (χ1) is 14.0. The normalized spacial score (nSPS) is 11.6. The third-order valence-electron chi connectivity index (χ3n) is 5.03. The van der Waals surface area contributed by atoms with Crippen molar-refractivity contribution in [2.24, 2.45) is 0 Å². The Bertz CT molecular complexity index is 819. The van der Waals surface area contributed by atoms with Gasteiger partial charge in [-0.15, -0.1) is 0 Å². The van der Waals surface area contributed by atoms with Gasteiger partial charge in [0.2, 0.25) is 11.8 Å². The number of aryl methyl sites for hydroxylation is 1. The van der Waals surface area contributed by atoms with Gasteiger partial charge in [-0.25, -0.2) is 0 Å². The van der Waals surface area contributed by atoms with E-state index in [9.17, 15) is 9.59 Å². The van der Waals surface area contributed by atoms with Gasteiger partial charge in [-0.05, 0) is 48.6 Å². The zero-order valence-corrected chi connectivity index (χ0v) is 17.9. The molecule has 0 saturated heterocycles. The zero-order chi connectivity index (χ0) is 21.2. The highest BCUT2D eigenvalue weighted by Gasteiger charge is 2.28. The van der Waals surface area contributed by atoms with Crippen LogP contribution in [0.4, 0.5) is 0 Å². The second-order valence-electron chi connectivity index (χ2n) is 7.19. The first-order valence-corrected chi connectivity index (χ1v) is 10.2. The highest BCUT2D eigenvalue weighted by atomic mass is 16.5. The van der Waals surface area contributed by atoms with Crippen molar-refractivity contribution in [2.75, 3.05) is 13.7 Å². The van der Waals surface area contributed by atoms with Crippen molar-refractivity contribution in [1.29, 1.82) is 0 Å². The molecule has 0 spiro atoms. The van der Waals surface area contributed by atoms with Crippen LogP contribution in [0.15, 0.2) is 48.5 Å². The van der Waals surface area contributed by atoms with Gasteiger partial charge in [0.05, 0.1) is 13.5 Å². The van der Waals surface area contributed by atoms with Gasteiger partial charge in [-0.2, -0.15) is 0 Å². The van der Waals surface area contributed by atoms with E-state index >= 15 is 0 Å². The maximum atomic E-state index is 13.3. The Kier molecular flexibility index (Phi) is 8.71. The molecule has 1 N–H and O–H groups in total. The SMILES string of the molecule is CCCNC(=O)C(CC)N(Cc1cccc(OC)c1)C(=O)Cc1ccccc1C. The Hall–Kier alpha value is -2.82. The number of nitrogens with zero attached hydrogens (tertiary/aromatic N) is 1. The van der Waals surface area contributed by atoms with Gasteiger partial charge >= 0.3 is 0 Å². The largest absolute Gasteiger partial charge is 0.497 e. The minimum absolute atomic E-state index is 0.0550. The van der Waals surface area contributed by atoms with Crippen LogP contribution in [-0.4, -0.2) is 36.4 Å². The number of ether oxygens (including phenoxy) is 1. The fourth-order valence-electron chi connectivity index (χ4n) is 3.33. The molecule has 5 nitrogen and oxygen atoms in total. The Balaban J connectivity index is 2.30. The van der Waals surface area contributed by atoms with Crippen LogP contribution in [0.25, 0.3) is 0 Å². The van der Waals surface area contributed by atoms with Gasteiger partial charge in [-0.3, -0.25) is 9.59 Å². The molecule has 0 aliphatic rings. The molecule has 0 saturated carbocycles. The molecule has 2 aromatic carbocycles. The van der Waals surface area contributed by atoms with E-state index in [-0.39, 0.29) is 18.2 Å². The lowest BCUT2D eigenvalue weighted by Crippen LogP contribution is -2.49. The molecule has 0 aliphatic carbocycles. The first-order valence-electron chi connectivity index (χ1n) is 10.2. The summed E-state index contributed by atoms with van der Waals surface area (Å²) in [7, 11) is 1.62. The van der Waals surface area contributed by atoms with Crippen LogP contribution < -0.4 is 10.1 Å². The van der Waals surface area contributed by atoms with Crippen molar-refractivity contribution in [3.05, 3.63) is 65.2 Å². The number of rotatable bonds is 10. The minimum Gasteiger partial charge on any atom is -0.497 e. The minimum atomic E-state index is -0.510. The third kappa shape index (κ3) is 6.34. The van der Waals surface area contributed by atoms with Gasteiger partial charge in [-0.1, -0.05) is 50.2 Å². The lowest BCUT2D eigenvalue weighted by atomic mass is 10.0. The van der Waals surface area contributed by atoms with Crippen molar-refractivity contribution in [3.8, 4) is 5.75 Å². The molecule has 0 heterocycles. The van der Waals surface area contributed by atoms with Gasteiger partial charge in [0.15, 0.2) is 0 Å². The van der Waals surface area contributed by atoms with Crippen LogP contribution in [-0.2, 0) is 22.6 Å². The summed E-state index contributed by atoms with van der Waals surface area (Å²) in [6.07, 6.45) is 1.68. The van der Waals surface area contributed by atoms with E-state index in [4.69, 9.17) is 4.74 Å². The molecule has 2 rings (SSSR count). The van der Waals surface area contributed by atoms with Crippen molar-refractivity contribution in [2.45, 2.75) is 52.6 Å². The van der Waals surface area contributed by atoms with E-state index in [0.29, 0.717) is 19.5 Å². The van der Waals surface area contributed by atoms with E-state index < -0.39 is 6.04 Å². The Labute approximate surface area is 174 Å². The maximum absolute atomic E-state index is 13.3. The second-order valence-corrected chi connectivity index (χ2v) is 7.19. The summed E-state index contributed by atoms with van der Waals surface area (Å²) in [5.41, 5.74) is 2.99. The fourth-order valence-corrected chi connectivity index (χ4v) is 3.33. The molecule has 156 valence electrons. The molecule has 0 radical (unpaired) electrons. The van der Waals surface area contributed by atoms with Crippen LogP contribution >= 0.6 is 0 Å². The standard InChI is InChI=1S/C24H32N2O3/c1-5-14-25-24(28)22(6-2)26(17-19-11-9-13-21(15-19)29-4)23(27)16-20-12-8-7-10-18(20)3/h7-13,15,22H,5-6,14,16-17H2,1-4H3,(H,25,28). The molecule has 0 bridgehead atoms. The van der Waals surface area contributed by atoms with Gasteiger partial charge in [0.25, 0.3) is 0 Å². The number of hydrogen-bond donors (Lipinski definition) is 1. The predicted molar refractivity (Wildman–Crippen MR) is 116 cm³/mol. The number of amides is 2. The first kappa shape index (κ1) is 22.5. The second kappa shape index (κ2) is 11.2. The molecule has 2 aromatic rings. The van der Waals surface area contributed by atoms with Crippen LogP contribution in [0, 0.1) is 6.92 Å². The molecular weight excluding hydrogens is 364 g/mol. The zero-order valence-electron chi connectivity index (χ0n) is 17.9. The summed E-state index contributed by atoms with van der Waals surface area (Å²) in [5, 5.41) is 2.94. The van der Waals surface area contributed by atoms with E-state index in [2.05, 4.69) is 5.32 Å². The summed E-state index contributed by atoms with van der Waals surface area (Å²) in [5.74, 6) is 0.577. The summed E-state index contributed by atoms with van der Waals surface area (Å²) >= 11 is 0. The van der Waals surface area contributed by atoms with Gasteiger partial charge in [0.1, 0.15) is 11.8 Å². The Morgan fingerprint density at radius 1 is 1.10 bits per heavy atom. The van der Waals surface area contributed by atoms with Crippen molar-refractivity contribution < 1.29 is 14.3 Å². The number of carbonyl (C=O) groups excluding carboxylic acids is 2. The average molecular weight is 397 g/mol. The maximum Gasteiger partial charge on any atom is 0.242 e. The monoisotopic (exact) mass is 396 g/mol. The van der Waals surface area contributed by atoms with E-state index in [1.165, 1.54) is 0 Å². The summed E-state index contributed by atoms with van der Waals surface area (Å²) in [6.45, 7) is 6.92. The quantitative estimate of drug-likeness (QED) is 0.663. The number of methoxy groups -OCH3 is 1. The molecule has 0 fully saturated rings. The number of nitrogens with one attached hydrogen (secondary N) is 1. The fraction of sp³-hybridized carbons (Fsp3) is 0.417. The van der Waals surface area contributed by atoms with Crippen molar-refractivity contribution in [3.63, 3.8) is 0 Å². The number of benzene rings is 2. The molecule has 29 heavy (non-hydrogen) atoms. The molecule has 5 heteroatoms. The average Bonchev–Trinajstić information content (AvgIpc) is 2.73. The Morgan fingerprint density at radius 2 is 1.86 bits per heavy atom. The van der Waals surface area contributed by atoms with E-state index in [0.717, 1.165) is 28.9 Å². The molecule has 0 aromatic heterocycles. The van der Waals surface area contributed by atoms with Crippen LogP contribution in [0.3, 0.4) is 0 Å². The molecular formula is C24H32N2O3. The molecule has 0 aliphatic heterocycles. The smallest absolute Gasteiger partial charge is 0.242 e.